The Morgan fingerprint density at radius 1 is 1.00 bits per heavy atom. The fourth-order valence-corrected chi connectivity index (χ4v) is 3.66. The highest BCUT2D eigenvalue weighted by molar-refractivity contribution is 5.93. The van der Waals surface area contributed by atoms with Crippen molar-refractivity contribution in [3.63, 3.8) is 0 Å². The molecule has 3 heterocycles. The van der Waals surface area contributed by atoms with Crippen LogP contribution in [0.2, 0.25) is 0 Å². The van der Waals surface area contributed by atoms with Gasteiger partial charge in [0, 0.05) is 41.5 Å². The number of aryl methyl sites for hydroxylation is 1. The van der Waals surface area contributed by atoms with Crippen LogP contribution in [0.5, 0.6) is 0 Å². The molecule has 5 rings (SSSR count). The van der Waals surface area contributed by atoms with Gasteiger partial charge in [-0.1, -0.05) is 12.1 Å². The summed E-state index contributed by atoms with van der Waals surface area (Å²) in [7, 11) is 0. The van der Waals surface area contributed by atoms with Crippen LogP contribution in [0.3, 0.4) is 0 Å². The zero-order chi connectivity index (χ0) is 16.1. The molecule has 24 heavy (non-hydrogen) atoms. The normalized spacial score (nSPS) is 16.2. The van der Waals surface area contributed by atoms with Crippen LogP contribution in [0.25, 0.3) is 22.0 Å². The number of aromatic nitrogens is 3. The molecule has 1 aliphatic heterocycles. The zero-order valence-corrected chi connectivity index (χ0v) is 13.5. The summed E-state index contributed by atoms with van der Waals surface area (Å²) in [6, 6.07) is 8.35. The van der Waals surface area contributed by atoms with E-state index in [0.29, 0.717) is 5.82 Å². The number of hydrogen-bond acceptors (Lipinski definition) is 5. The standard InChI is InChI=1S/C19H19N5/c20-18-14-6-5-13(11-12(14)7-8-21-18)17-15-3-1-4-16(15)22-19(23-17)24-9-2-10-24/h5-8,11H,1-4,9-10H2,(H2,20,21). The van der Waals surface area contributed by atoms with E-state index in [2.05, 4.69) is 28.1 Å². The minimum atomic E-state index is 0.577. The molecular formula is C19H19N5. The molecule has 5 nitrogen and oxygen atoms in total. The Hall–Kier alpha value is -2.69. The first-order valence-corrected chi connectivity index (χ1v) is 8.59. The third-order valence-electron chi connectivity index (χ3n) is 5.13. The molecule has 0 saturated carbocycles. The molecule has 2 aromatic heterocycles. The van der Waals surface area contributed by atoms with E-state index in [1.807, 2.05) is 6.07 Å². The maximum Gasteiger partial charge on any atom is 0.226 e. The van der Waals surface area contributed by atoms with Gasteiger partial charge in [0.05, 0.1) is 5.69 Å². The van der Waals surface area contributed by atoms with Gasteiger partial charge in [0.2, 0.25) is 5.95 Å². The Morgan fingerprint density at radius 3 is 2.75 bits per heavy atom. The van der Waals surface area contributed by atoms with Crippen molar-refractivity contribution in [1.29, 1.82) is 0 Å². The first kappa shape index (κ1) is 13.7. The molecule has 0 radical (unpaired) electrons. The van der Waals surface area contributed by atoms with E-state index in [-0.39, 0.29) is 0 Å². The molecule has 0 amide bonds. The lowest BCUT2D eigenvalue weighted by atomic mass is 10.0. The van der Waals surface area contributed by atoms with Crippen LogP contribution >= 0.6 is 0 Å². The molecule has 1 aliphatic carbocycles. The van der Waals surface area contributed by atoms with Crippen LogP contribution in [0.4, 0.5) is 11.8 Å². The van der Waals surface area contributed by atoms with Gasteiger partial charge in [0.1, 0.15) is 5.82 Å². The number of hydrogen-bond donors (Lipinski definition) is 1. The maximum absolute atomic E-state index is 5.98. The number of nitrogen functional groups attached to an aromatic ring is 1. The predicted molar refractivity (Wildman–Crippen MR) is 96.0 cm³/mol. The summed E-state index contributed by atoms with van der Waals surface area (Å²) in [5.74, 6) is 1.47. The average Bonchev–Trinajstić information content (AvgIpc) is 3.01. The topological polar surface area (TPSA) is 67.9 Å². The van der Waals surface area contributed by atoms with Gasteiger partial charge in [-0.25, -0.2) is 15.0 Å². The molecule has 0 unspecified atom stereocenters. The molecule has 2 N–H and O–H groups in total. The molecule has 5 heteroatoms. The van der Waals surface area contributed by atoms with Gasteiger partial charge in [-0.05, 0) is 43.2 Å². The first-order chi connectivity index (χ1) is 11.8. The van der Waals surface area contributed by atoms with Crippen molar-refractivity contribution in [2.75, 3.05) is 23.7 Å². The summed E-state index contributed by atoms with van der Waals surface area (Å²) in [6.45, 7) is 2.14. The minimum Gasteiger partial charge on any atom is -0.383 e. The van der Waals surface area contributed by atoms with Crippen molar-refractivity contribution in [2.24, 2.45) is 0 Å². The summed E-state index contributed by atoms with van der Waals surface area (Å²) in [5, 5.41) is 2.10. The summed E-state index contributed by atoms with van der Waals surface area (Å²) in [5.41, 5.74) is 10.8. The number of benzene rings is 1. The highest BCUT2D eigenvalue weighted by Crippen LogP contribution is 2.34. The number of rotatable bonds is 2. The van der Waals surface area contributed by atoms with E-state index in [4.69, 9.17) is 15.7 Å². The largest absolute Gasteiger partial charge is 0.383 e. The van der Waals surface area contributed by atoms with Crippen LogP contribution in [-0.2, 0) is 12.8 Å². The van der Waals surface area contributed by atoms with Crippen LogP contribution < -0.4 is 10.6 Å². The Morgan fingerprint density at radius 2 is 1.92 bits per heavy atom. The highest BCUT2D eigenvalue weighted by Gasteiger charge is 2.24. The van der Waals surface area contributed by atoms with Crippen LogP contribution in [0, 0.1) is 0 Å². The van der Waals surface area contributed by atoms with Crippen LogP contribution in [-0.4, -0.2) is 28.0 Å². The van der Waals surface area contributed by atoms with Crippen molar-refractivity contribution in [3.8, 4) is 11.3 Å². The molecule has 1 saturated heterocycles. The molecule has 0 atom stereocenters. The van der Waals surface area contributed by atoms with Gasteiger partial charge >= 0.3 is 0 Å². The Labute approximate surface area is 140 Å². The monoisotopic (exact) mass is 317 g/mol. The van der Waals surface area contributed by atoms with E-state index in [0.717, 1.165) is 53.9 Å². The Kier molecular flexibility index (Phi) is 2.95. The molecule has 2 aliphatic rings. The lowest BCUT2D eigenvalue weighted by Crippen LogP contribution is -2.38. The smallest absolute Gasteiger partial charge is 0.226 e. The van der Waals surface area contributed by atoms with Crippen molar-refractivity contribution in [2.45, 2.75) is 25.7 Å². The fourth-order valence-electron chi connectivity index (χ4n) is 3.66. The number of fused-ring (bicyclic) bond motifs is 2. The second-order valence-corrected chi connectivity index (χ2v) is 6.62. The molecule has 3 aromatic rings. The molecule has 0 bridgehead atoms. The highest BCUT2D eigenvalue weighted by atomic mass is 15.3. The third-order valence-corrected chi connectivity index (χ3v) is 5.13. The van der Waals surface area contributed by atoms with E-state index >= 15 is 0 Å². The Balaban J connectivity index is 1.69. The SMILES string of the molecule is Nc1nccc2cc(-c3nc(N4CCC4)nc4c3CCC4)ccc12. The van der Waals surface area contributed by atoms with E-state index in [1.165, 1.54) is 24.1 Å². The second kappa shape index (κ2) is 5.16. The number of anilines is 2. The lowest BCUT2D eigenvalue weighted by molar-refractivity contribution is 0.599. The minimum absolute atomic E-state index is 0.577. The summed E-state index contributed by atoms with van der Waals surface area (Å²) >= 11 is 0. The fraction of sp³-hybridized carbons (Fsp3) is 0.316. The number of nitrogens with two attached hydrogens (primary N) is 1. The van der Waals surface area contributed by atoms with E-state index < -0.39 is 0 Å². The van der Waals surface area contributed by atoms with Crippen molar-refractivity contribution >= 4 is 22.5 Å². The second-order valence-electron chi connectivity index (χ2n) is 6.62. The van der Waals surface area contributed by atoms with Gasteiger partial charge in [-0.3, -0.25) is 0 Å². The molecular weight excluding hydrogens is 298 g/mol. The third kappa shape index (κ3) is 2.04. The van der Waals surface area contributed by atoms with Gasteiger partial charge in [0.15, 0.2) is 0 Å². The van der Waals surface area contributed by atoms with Gasteiger partial charge in [-0.2, -0.15) is 0 Å². The number of nitrogens with zero attached hydrogens (tertiary/aromatic N) is 4. The Bertz CT molecular complexity index is 946. The summed E-state index contributed by atoms with van der Waals surface area (Å²) in [4.78, 5) is 16.2. The quantitative estimate of drug-likeness (QED) is 0.787. The molecule has 1 aromatic carbocycles. The zero-order valence-electron chi connectivity index (χ0n) is 13.5. The average molecular weight is 317 g/mol. The summed E-state index contributed by atoms with van der Waals surface area (Å²) in [6.07, 6.45) is 6.30. The molecule has 1 fully saturated rings. The van der Waals surface area contributed by atoms with E-state index in [9.17, 15) is 0 Å². The van der Waals surface area contributed by atoms with Crippen molar-refractivity contribution < 1.29 is 0 Å². The van der Waals surface area contributed by atoms with E-state index in [1.54, 1.807) is 6.20 Å². The maximum atomic E-state index is 5.98. The first-order valence-electron chi connectivity index (χ1n) is 8.59. The van der Waals surface area contributed by atoms with Crippen LogP contribution in [0.15, 0.2) is 30.5 Å². The predicted octanol–water partition coefficient (Wildman–Crippen LogP) is 2.97. The molecule has 120 valence electrons. The van der Waals surface area contributed by atoms with Gasteiger partial charge < -0.3 is 10.6 Å². The van der Waals surface area contributed by atoms with Crippen LogP contribution in [0.1, 0.15) is 24.1 Å². The van der Waals surface area contributed by atoms with Crippen molar-refractivity contribution in [1.82, 2.24) is 15.0 Å². The van der Waals surface area contributed by atoms with Crippen molar-refractivity contribution in [3.05, 3.63) is 41.7 Å². The molecule has 0 spiro atoms. The summed E-state index contributed by atoms with van der Waals surface area (Å²) < 4.78 is 0. The van der Waals surface area contributed by atoms with Gasteiger partial charge in [-0.15, -0.1) is 0 Å². The van der Waals surface area contributed by atoms with Gasteiger partial charge in [0.25, 0.3) is 0 Å². The number of pyridine rings is 1. The lowest BCUT2D eigenvalue weighted by Gasteiger charge is -2.31.